The van der Waals surface area contributed by atoms with Gasteiger partial charge in [0.15, 0.2) is 0 Å². The van der Waals surface area contributed by atoms with Gasteiger partial charge in [-0.25, -0.2) is 9.48 Å². The van der Waals surface area contributed by atoms with Crippen LogP contribution in [0.3, 0.4) is 0 Å². The molecule has 0 radical (unpaired) electrons. The van der Waals surface area contributed by atoms with Gasteiger partial charge in [-0.05, 0) is 45.7 Å². The third kappa shape index (κ3) is 4.75. The molecule has 1 amide bonds. The van der Waals surface area contributed by atoms with E-state index in [0.29, 0.717) is 19.1 Å². The van der Waals surface area contributed by atoms with Crippen LogP contribution in [0.1, 0.15) is 33.6 Å². The van der Waals surface area contributed by atoms with E-state index in [1.165, 1.54) is 0 Å². The Bertz CT molecular complexity index is 698. The van der Waals surface area contributed by atoms with Gasteiger partial charge in [0.1, 0.15) is 11.4 Å². The number of piperidine rings is 1. The van der Waals surface area contributed by atoms with Crippen LogP contribution in [0.15, 0.2) is 42.6 Å². The van der Waals surface area contributed by atoms with E-state index in [1.54, 1.807) is 4.90 Å². The molecule has 1 aliphatic rings. The number of likely N-dealkylation sites (tertiary alicyclic amines) is 1. The molecule has 0 saturated carbocycles. The number of carbonyl (C=O) groups excluding carboxylic acids is 1. The van der Waals surface area contributed by atoms with Crippen LogP contribution in [0, 0.1) is 0 Å². The lowest BCUT2D eigenvalue weighted by Crippen LogP contribution is -2.44. The monoisotopic (exact) mass is 342 g/mol. The Kier molecular flexibility index (Phi) is 4.97. The third-order valence-corrected chi connectivity index (χ3v) is 4.11. The van der Waals surface area contributed by atoms with E-state index >= 15 is 0 Å². The van der Waals surface area contributed by atoms with Gasteiger partial charge in [-0.3, -0.25) is 0 Å². The molecule has 0 bridgehead atoms. The van der Waals surface area contributed by atoms with Crippen molar-refractivity contribution in [3.63, 3.8) is 0 Å². The van der Waals surface area contributed by atoms with E-state index in [1.807, 2.05) is 68.0 Å². The molecule has 1 saturated heterocycles. The van der Waals surface area contributed by atoms with E-state index in [2.05, 4.69) is 10.4 Å². The Labute approximate surface area is 148 Å². The number of ether oxygens (including phenoxy) is 1. The summed E-state index contributed by atoms with van der Waals surface area (Å²) in [5.41, 5.74) is 0.589. The minimum Gasteiger partial charge on any atom is -0.444 e. The van der Waals surface area contributed by atoms with Crippen LogP contribution in [0.25, 0.3) is 5.69 Å². The highest BCUT2D eigenvalue weighted by Crippen LogP contribution is 2.18. The van der Waals surface area contributed by atoms with Crippen LogP contribution in [-0.4, -0.2) is 45.5 Å². The fourth-order valence-electron chi connectivity index (χ4n) is 2.87. The zero-order chi connectivity index (χ0) is 17.9. The molecule has 0 atom stereocenters. The highest BCUT2D eigenvalue weighted by Gasteiger charge is 2.27. The highest BCUT2D eigenvalue weighted by molar-refractivity contribution is 5.68. The summed E-state index contributed by atoms with van der Waals surface area (Å²) in [6.45, 7) is 7.07. The topological polar surface area (TPSA) is 59.4 Å². The number of aromatic nitrogens is 2. The van der Waals surface area contributed by atoms with Crippen molar-refractivity contribution in [1.29, 1.82) is 0 Å². The number of amides is 1. The van der Waals surface area contributed by atoms with Gasteiger partial charge in [0.05, 0.1) is 5.69 Å². The quantitative estimate of drug-likeness (QED) is 0.924. The Morgan fingerprint density at radius 2 is 1.84 bits per heavy atom. The van der Waals surface area contributed by atoms with Crippen molar-refractivity contribution in [3.05, 3.63) is 42.6 Å². The van der Waals surface area contributed by atoms with Crippen LogP contribution >= 0.6 is 0 Å². The number of benzene rings is 1. The fraction of sp³-hybridized carbons (Fsp3) is 0.474. The predicted octanol–water partition coefficient (Wildman–Crippen LogP) is 3.68. The van der Waals surface area contributed by atoms with Crippen LogP contribution in [0.5, 0.6) is 0 Å². The normalized spacial score (nSPS) is 15.9. The summed E-state index contributed by atoms with van der Waals surface area (Å²) in [5, 5.41) is 8.05. The average Bonchev–Trinajstić information content (AvgIpc) is 3.03. The van der Waals surface area contributed by atoms with Crippen LogP contribution in [0.4, 0.5) is 10.6 Å². The molecule has 2 heterocycles. The standard InChI is InChI=1S/C19H26N4O2/c1-19(2,3)25-18(24)22-12-9-15(10-13-22)20-17-11-14-23(21-17)16-7-5-4-6-8-16/h4-8,11,14-15H,9-10,12-13H2,1-3H3,(H,20,21). The van der Waals surface area contributed by atoms with Crippen LogP contribution in [0.2, 0.25) is 0 Å². The molecule has 2 aromatic rings. The van der Waals surface area contributed by atoms with E-state index < -0.39 is 5.60 Å². The van der Waals surface area contributed by atoms with Crippen molar-refractivity contribution in [2.45, 2.75) is 45.3 Å². The van der Waals surface area contributed by atoms with Crippen LogP contribution < -0.4 is 5.32 Å². The molecular formula is C19H26N4O2. The van der Waals surface area contributed by atoms with E-state index in [-0.39, 0.29) is 6.09 Å². The average molecular weight is 342 g/mol. The molecule has 1 fully saturated rings. The largest absolute Gasteiger partial charge is 0.444 e. The second-order valence-electron chi connectivity index (χ2n) is 7.37. The van der Waals surface area contributed by atoms with Crippen molar-refractivity contribution in [2.24, 2.45) is 0 Å². The first kappa shape index (κ1) is 17.3. The maximum atomic E-state index is 12.1. The van der Waals surface area contributed by atoms with Gasteiger partial charge in [-0.2, -0.15) is 5.10 Å². The number of nitrogens with one attached hydrogen (secondary N) is 1. The molecule has 6 heteroatoms. The lowest BCUT2D eigenvalue weighted by molar-refractivity contribution is 0.0210. The van der Waals surface area contributed by atoms with Crippen molar-refractivity contribution < 1.29 is 9.53 Å². The first-order valence-electron chi connectivity index (χ1n) is 8.76. The first-order chi connectivity index (χ1) is 11.9. The van der Waals surface area contributed by atoms with Gasteiger partial charge >= 0.3 is 6.09 Å². The van der Waals surface area contributed by atoms with Crippen molar-refractivity contribution in [1.82, 2.24) is 14.7 Å². The van der Waals surface area contributed by atoms with Gasteiger partial charge in [0.2, 0.25) is 0 Å². The van der Waals surface area contributed by atoms with Gasteiger partial charge in [0, 0.05) is 31.4 Å². The van der Waals surface area contributed by atoms with Crippen molar-refractivity contribution >= 4 is 11.9 Å². The SMILES string of the molecule is CC(C)(C)OC(=O)N1CCC(Nc2ccn(-c3ccccc3)n2)CC1. The summed E-state index contributed by atoms with van der Waals surface area (Å²) in [6, 6.07) is 12.3. The highest BCUT2D eigenvalue weighted by atomic mass is 16.6. The van der Waals surface area contributed by atoms with E-state index in [0.717, 1.165) is 24.3 Å². The number of para-hydroxylation sites is 1. The minimum atomic E-state index is -0.448. The van der Waals surface area contributed by atoms with Gasteiger partial charge in [0.25, 0.3) is 0 Å². The molecule has 3 rings (SSSR count). The molecular weight excluding hydrogens is 316 g/mol. The molecule has 1 aromatic carbocycles. The summed E-state index contributed by atoms with van der Waals surface area (Å²) >= 11 is 0. The molecule has 134 valence electrons. The lowest BCUT2D eigenvalue weighted by Gasteiger charge is -2.33. The molecule has 1 aliphatic heterocycles. The number of anilines is 1. The summed E-state index contributed by atoms with van der Waals surface area (Å²) in [7, 11) is 0. The zero-order valence-corrected chi connectivity index (χ0v) is 15.1. The molecule has 0 unspecified atom stereocenters. The van der Waals surface area contributed by atoms with Crippen LogP contribution in [-0.2, 0) is 4.74 Å². The smallest absolute Gasteiger partial charge is 0.410 e. The van der Waals surface area contributed by atoms with Crippen molar-refractivity contribution in [2.75, 3.05) is 18.4 Å². The predicted molar refractivity (Wildman–Crippen MR) is 98.0 cm³/mol. The van der Waals surface area contributed by atoms with Gasteiger partial charge in [-0.15, -0.1) is 0 Å². The number of carbonyl (C=O) groups is 1. The number of hydrogen-bond acceptors (Lipinski definition) is 4. The molecule has 0 spiro atoms. The Balaban J connectivity index is 1.51. The Hall–Kier alpha value is -2.50. The maximum absolute atomic E-state index is 12.1. The summed E-state index contributed by atoms with van der Waals surface area (Å²) in [4.78, 5) is 13.9. The Morgan fingerprint density at radius 3 is 2.48 bits per heavy atom. The molecule has 6 nitrogen and oxygen atoms in total. The second-order valence-corrected chi connectivity index (χ2v) is 7.37. The molecule has 1 N–H and O–H groups in total. The van der Waals surface area contributed by atoms with Crippen molar-refractivity contribution in [3.8, 4) is 5.69 Å². The number of rotatable bonds is 3. The zero-order valence-electron chi connectivity index (χ0n) is 15.1. The maximum Gasteiger partial charge on any atom is 0.410 e. The summed E-state index contributed by atoms with van der Waals surface area (Å²) < 4.78 is 7.29. The lowest BCUT2D eigenvalue weighted by atomic mass is 10.1. The van der Waals surface area contributed by atoms with Gasteiger partial charge < -0.3 is 15.0 Å². The number of hydrogen-bond donors (Lipinski definition) is 1. The molecule has 25 heavy (non-hydrogen) atoms. The van der Waals surface area contributed by atoms with E-state index in [9.17, 15) is 4.79 Å². The molecule has 0 aliphatic carbocycles. The third-order valence-electron chi connectivity index (χ3n) is 4.11. The Morgan fingerprint density at radius 1 is 1.16 bits per heavy atom. The number of nitrogens with zero attached hydrogens (tertiary/aromatic N) is 3. The first-order valence-corrected chi connectivity index (χ1v) is 8.76. The summed E-state index contributed by atoms with van der Waals surface area (Å²) in [6.07, 6.45) is 3.50. The van der Waals surface area contributed by atoms with E-state index in [4.69, 9.17) is 4.74 Å². The second kappa shape index (κ2) is 7.17. The fourth-order valence-corrected chi connectivity index (χ4v) is 2.87. The molecule has 1 aromatic heterocycles. The summed E-state index contributed by atoms with van der Waals surface area (Å²) in [5.74, 6) is 0.861. The minimum absolute atomic E-state index is 0.223. The van der Waals surface area contributed by atoms with Gasteiger partial charge in [-0.1, -0.05) is 18.2 Å².